The number of ether oxygens (including phenoxy) is 2. The molecular formula is C13H23NO4. The maximum atomic E-state index is 11.9. The van der Waals surface area contributed by atoms with E-state index in [4.69, 9.17) is 9.47 Å². The van der Waals surface area contributed by atoms with Crippen LogP contribution in [0.25, 0.3) is 0 Å². The number of amides is 1. The summed E-state index contributed by atoms with van der Waals surface area (Å²) in [7, 11) is 0. The maximum Gasteiger partial charge on any atom is 0.408 e. The zero-order chi connectivity index (χ0) is 13.8. The molecule has 3 aliphatic rings. The summed E-state index contributed by atoms with van der Waals surface area (Å²) in [5, 5.41) is 12.3. The highest BCUT2D eigenvalue weighted by Crippen LogP contribution is 2.60. The Morgan fingerprint density at radius 3 is 2.33 bits per heavy atom. The third-order valence-electron chi connectivity index (χ3n) is 3.90. The van der Waals surface area contributed by atoms with Crippen molar-refractivity contribution in [2.75, 3.05) is 6.61 Å². The van der Waals surface area contributed by atoms with E-state index in [9.17, 15) is 9.90 Å². The van der Waals surface area contributed by atoms with Crippen LogP contribution in [0.5, 0.6) is 0 Å². The monoisotopic (exact) mass is 257 g/mol. The Balaban J connectivity index is 2.05. The van der Waals surface area contributed by atoms with Gasteiger partial charge >= 0.3 is 6.09 Å². The second-order valence-corrected chi connectivity index (χ2v) is 7.02. The van der Waals surface area contributed by atoms with Gasteiger partial charge in [-0.25, -0.2) is 4.79 Å². The average molecular weight is 257 g/mol. The Labute approximate surface area is 108 Å². The molecule has 5 heteroatoms. The fourth-order valence-electron chi connectivity index (χ4n) is 3.07. The second-order valence-electron chi connectivity index (χ2n) is 7.02. The number of hydrogen-bond acceptors (Lipinski definition) is 4. The number of aliphatic hydroxyl groups excluding tert-OH is 1. The van der Waals surface area contributed by atoms with Crippen LogP contribution in [0, 0.1) is 0 Å². The van der Waals surface area contributed by atoms with Crippen LogP contribution in [0.2, 0.25) is 0 Å². The van der Waals surface area contributed by atoms with Crippen molar-refractivity contribution in [2.45, 2.75) is 69.8 Å². The molecule has 3 rings (SSSR count). The van der Waals surface area contributed by atoms with Gasteiger partial charge in [-0.05, 0) is 34.6 Å². The van der Waals surface area contributed by atoms with Gasteiger partial charge in [0, 0.05) is 12.8 Å². The van der Waals surface area contributed by atoms with Crippen molar-refractivity contribution < 1.29 is 19.4 Å². The topological polar surface area (TPSA) is 67.8 Å². The van der Waals surface area contributed by atoms with Gasteiger partial charge in [-0.1, -0.05) is 0 Å². The Morgan fingerprint density at radius 2 is 1.94 bits per heavy atom. The maximum absolute atomic E-state index is 11.9. The van der Waals surface area contributed by atoms with Crippen LogP contribution in [0.1, 0.15) is 47.5 Å². The normalized spacial score (nSPS) is 37.0. The zero-order valence-corrected chi connectivity index (χ0v) is 11.8. The Kier molecular flexibility index (Phi) is 2.73. The minimum atomic E-state index is -0.512. The molecule has 0 unspecified atom stereocenters. The van der Waals surface area contributed by atoms with Crippen LogP contribution in [0.15, 0.2) is 0 Å². The van der Waals surface area contributed by atoms with Gasteiger partial charge in [0.25, 0.3) is 0 Å². The third-order valence-corrected chi connectivity index (χ3v) is 3.90. The zero-order valence-electron chi connectivity index (χ0n) is 11.8. The quantitative estimate of drug-likeness (QED) is 0.788. The van der Waals surface area contributed by atoms with Gasteiger partial charge in [-0.3, -0.25) is 0 Å². The van der Waals surface area contributed by atoms with Crippen LogP contribution in [0.4, 0.5) is 4.79 Å². The van der Waals surface area contributed by atoms with E-state index in [0.29, 0.717) is 12.8 Å². The van der Waals surface area contributed by atoms with E-state index in [1.807, 2.05) is 34.6 Å². The van der Waals surface area contributed by atoms with Crippen molar-refractivity contribution >= 4 is 6.09 Å². The van der Waals surface area contributed by atoms with Crippen molar-refractivity contribution in [2.24, 2.45) is 0 Å². The Bertz CT molecular complexity index is 364. The SMILES string of the molecule is CC(C)(C)OC(=O)NC12CC(CO)(C1)OC2(C)C. The van der Waals surface area contributed by atoms with Crippen molar-refractivity contribution in [3.63, 3.8) is 0 Å². The predicted molar refractivity (Wildman–Crippen MR) is 66.3 cm³/mol. The molecule has 104 valence electrons. The number of alkyl carbamates (subject to hydrolysis) is 1. The first-order valence-corrected chi connectivity index (χ1v) is 6.35. The third kappa shape index (κ3) is 1.99. The second kappa shape index (κ2) is 3.61. The molecule has 3 fully saturated rings. The van der Waals surface area contributed by atoms with E-state index >= 15 is 0 Å². The molecule has 2 bridgehead atoms. The van der Waals surface area contributed by atoms with Crippen LogP contribution in [0.3, 0.4) is 0 Å². The summed E-state index contributed by atoms with van der Waals surface area (Å²) in [4.78, 5) is 11.9. The highest BCUT2D eigenvalue weighted by molar-refractivity contribution is 5.70. The fourth-order valence-corrected chi connectivity index (χ4v) is 3.07. The van der Waals surface area contributed by atoms with Crippen molar-refractivity contribution in [1.29, 1.82) is 0 Å². The molecule has 2 saturated heterocycles. The van der Waals surface area contributed by atoms with E-state index in [2.05, 4.69) is 5.32 Å². The van der Waals surface area contributed by atoms with E-state index < -0.39 is 28.4 Å². The molecule has 0 aromatic heterocycles. The van der Waals surface area contributed by atoms with Crippen LogP contribution in [-0.4, -0.2) is 40.1 Å². The summed E-state index contributed by atoms with van der Waals surface area (Å²) >= 11 is 0. The molecule has 0 radical (unpaired) electrons. The molecule has 2 N–H and O–H groups in total. The van der Waals surface area contributed by atoms with Gasteiger partial charge in [0.15, 0.2) is 0 Å². The smallest absolute Gasteiger partial charge is 0.408 e. The minimum absolute atomic E-state index is 0.00578. The molecule has 0 spiro atoms. The van der Waals surface area contributed by atoms with Gasteiger partial charge in [0.1, 0.15) is 5.60 Å². The number of carbonyl (C=O) groups excluding carboxylic acids is 1. The lowest BCUT2D eigenvalue weighted by atomic mass is 9.63. The highest BCUT2D eigenvalue weighted by Gasteiger charge is 2.72. The molecular weight excluding hydrogens is 234 g/mol. The van der Waals surface area contributed by atoms with Gasteiger partial charge < -0.3 is 19.9 Å². The van der Waals surface area contributed by atoms with Gasteiger partial charge in [-0.2, -0.15) is 0 Å². The molecule has 0 aromatic carbocycles. The highest BCUT2D eigenvalue weighted by atomic mass is 16.6. The summed E-state index contributed by atoms with van der Waals surface area (Å²) in [6, 6.07) is 0. The largest absolute Gasteiger partial charge is 0.444 e. The molecule has 1 aliphatic carbocycles. The Morgan fingerprint density at radius 1 is 1.39 bits per heavy atom. The van der Waals surface area contributed by atoms with Gasteiger partial charge in [0.2, 0.25) is 0 Å². The lowest BCUT2D eigenvalue weighted by Gasteiger charge is -2.46. The van der Waals surface area contributed by atoms with Gasteiger partial charge in [0.05, 0.1) is 23.3 Å². The first-order valence-electron chi connectivity index (χ1n) is 6.35. The van der Waals surface area contributed by atoms with Crippen LogP contribution in [-0.2, 0) is 9.47 Å². The average Bonchev–Trinajstić information content (AvgIpc) is 2.42. The molecule has 1 saturated carbocycles. The van der Waals surface area contributed by atoms with E-state index in [0.717, 1.165) is 0 Å². The van der Waals surface area contributed by atoms with Crippen molar-refractivity contribution in [1.82, 2.24) is 5.32 Å². The van der Waals surface area contributed by atoms with E-state index in [-0.39, 0.29) is 6.61 Å². The van der Waals surface area contributed by atoms with Crippen molar-refractivity contribution in [3.05, 3.63) is 0 Å². The van der Waals surface area contributed by atoms with Gasteiger partial charge in [-0.15, -0.1) is 0 Å². The number of nitrogens with one attached hydrogen (secondary N) is 1. The molecule has 5 nitrogen and oxygen atoms in total. The Hall–Kier alpha value is -0.810. The van der Waals surface area contributed by atoms with E-state index in [1.54, 1.807) is 0 Å². The van der Waals surface area contributed by atoms with Crippen LogP contribution >= 0.6 is 0 Å². The predicted octanol–water partition coefficient (Wildman–Crippen LogP) is 1.58. The molecule has 2 aliphatic heterocycles. The number of fused-ring (bicyclic) bond motifs is 1. The molecule has 1 amide bonds. The van der Waals surface area contributed by atoms with Crippen LogP contribution < -0.4 is 5.32 Å². The summed E-state index contributed by atoms with van der Waals surface area (Å²) in [6.07, 6.45) is 0.860. The minimum Gasteiger partial charge on any atom is -0.444 e. The fraction of sp³-hybridized carbons (Fsp3) is 0.923. The first kappa shape index (κ1) is 13.6. The van der Waals surface area contributed by atoms with Crippen molar-refractivity contribution in [3.8, 4) is 0 Å². The molecule has 18 heavy (non-hydrogen) atoms. The number of aliphatic hydroxyl groups is 1. The number of hydrogen-bond donors (Lipinski definition) is 2. The first-order chi connectivity index (χ1) is 8.03. The summed E-state index contributed by atoms with van der Waals surface area (Å²) in [6.45, 7) is 9.37. The summed E-state index contributed by atoms with van der Waals surface area (Å²) < 4.78 is 11.2. The standard InChI is InChI=1S/C13H23NO4/c1-10(2,3)17-9(16)14-13-6-12(7-13,8-15)18-11(13,4)5/h15H,6-8H2,1-5H3,(H,14,16). The molecule has 0 aromatic rings. The summed E-state index contributed by atoms with van der Waals surface area (Å²) in [5.41, 5.74) is -1.88. The number of carbonyl (C=O) groups is 1. The molecule has 2 heterocycles. The molecule has 0 atom stereocenters. The summed E-state index contributed by atoms with van der Waals surface area (Å²) in [5.74, 6) is 0. The lowest BCUT2D eigenvalue weighted by molar-refractivity contribution is -0.0852. The lowest BCUT2D eigenvalue weighted by Crippen LogP contribution is -2.65. The number of rotatable bonds is 2. The van der Waals surface area contributed by atoms with E-state index in [1.165, 1.54) is 0 Å².